The SMILES string of the molecule is Cc1oc(-c2ccccc2)nc1C(=O)O[C@H](C)C(=O)Nc1ccc(S(N)(=O)=O)cc1. The van der Waals surface area contributed by atoms with Gasteiger partial charge in [0.05, 0.1) is 4.90 Å². The topological polar surface area (TPSA) is 142 Å². The fourth-order valence-corrected chi connectivity index (χ4v) is 3.05. The first-order chi connectivity index (χ1) is 14.1. The fourth-order valence-electron chi connectivity index (χ4n) is 2.53. The molecule has 1 aromatic heterocycles. The number of benzene rings is 2. The minimum Gasteiger partial charge on any atom is -0.448 e. The Morgan fingerprint density at radius 3 is 2.33 bits per heavy atom. The maximum absolute atomic E-state index is 12.4. The van der Waals surface area contributed by atoms with E-state index in [4.69, 9.17) is 14.3 Å². The largest absolute Gasteiger partial charge is 0.448 e. The number of primary sulfonamides is 1. The van der Waals surface area contributed by atoms with Gasteiger partial charge in [-0.05, 0) is 50.2 Å². The number of nitrogens with zero attached hydrogens (tertiary/aromatic N) is 1. The number of ether oxygens (including phenoxy) is 1. The van der Waals surface area contributed by atoms with Gasteiger partial charge in [-0.15, -0.1) is 0 Å². The Labute approximate surface area is 172 Å². The number of hydrogen-bond acceptors (Lipinski definition) is 7. The average Bonchev–Trinajstić information content (AvgIpc) is 3.10. The number of aryl methyl sites for hydroxylation is 1. The Kier molecular flexibility index (Phi) is 5.99. The molecule has 0 bridgehead atoms. The van der Waals surface area contributed by atoms with Crippen molar-refractivity contribution in [2.24, 2.45) is 5.14 Å². The van der Waals surface area contributed by atoms with Crippen LogP contribution < -0.4 is 10.5 Å². The van der Waals surface area contributed by atoms with Crippen LogP contribution in [-0.4, -0.2) is 31.4 Å². The number of rotatable bonds is 6. The van der Waals surface area contributed by atoms with Gasteiger partial charge in [-0.2, -0.15) is 0 Å². The number of anilines is 1. The third-order valence-corrected chi connectivity index (χ3v) is 5.04. The lowest BCUT2D eigenvalue weighted by molar-refractivity contribution is -0.123. The monoisotopic (exact) mass is 429 g/mol. The minimum absolute atomic E-state index is 0.0222. The van der Waals surface area contributed by atoms with Crippen molar-refractivity contribution in [2.45, 2.75) is 24.8 Å². The molecule has 1 heterocycles. The van der Waals surface area contributed by atoms with Crippen molar-refractivity contribution < 1.29 is 27.2 Å². The van der Waals surface area contributed by atoms with E-state index in [0.717, 1.165) is 0 Å². The molecule has 3 N–H and O–H groups in total. The van der Waals surface area contributed by atoms with Crippen LogP contribution in [0.25, 0.3) is 11.5 Å². The number of sulfonamides is 1. The number of aromatic nitrogens is 1. The molecule has 0 unspecified atom stereocenters. The molecule has 9 nitrogen and oxygen atoms in total. The van der Waals surface area contributed by atoms with Gasteiger partial charge in [-0.3, -0.25) is 4.79 Å². The maximum Gasteiger partial charge on any atom is 0.361 e. The summed E-state index contributed by atoms with van der Waals surface area (Å²) in [5.74, 6) is -0.862. The second kappa shape index (κ2) is 8.47. The van der Waals surface area contributed by atoms with E-state index in [-0.39, 0.29) is 22.2 Å². The number of carbonyl (C=O) groups is 2. The highest BCUT2D eigenvalue weighted by atomic mass is 32.2. The summed E-state index contributed by atoms with van der Waals surface area (Å²) in [6.07, 6.45) is -1.13. The first-order valence-electron chi connectivity index (χ1n) is 8.82. The second-order valence-electron chi connectivity index (χ2n) is 6.40. The van der Waals surface area contributed by atoms with Crippen LogP contribution in [0.4, 0.5) is 5.69 Å². The summed E-state index contributed by atoms with van der Waals surface area (Å²) in [5.41, 5.74) is 0.999. The molecule has 1 atom stereocenters. The van der Waals surface area contributed by atoms with Crippen LogP contribution in [0.2, 0.25) is 0 Å². The maximum atomic E-state index is 12.4. The molecular weight excluding hydrogens is 410 g/mol. The third-order valence-electron chi connectivity index (χ3n) is 4.11. The van der Waals surface area contributed by atoms with Crippen molar-refractivity contribution in [3.05, 3.63) is 66.1 Å². The van der Waals surface area contributed by atoms with Gasteiger partial charge in [0.15, 0.2) is 11.8 Å². The van der Waals surface area contributed by atoms with E-state index < -0.39 is 28.0 Å². The molecule has 0 aliphatic carbocycles. The molecule has 2 aromatic carbocycles. The van der Waals surface area contributed by atoms with Crippen LogP contribution in [0.15, 0.2) is 63.9 Å². The van der Waals surface area contributed by atoms with E-state index in [1.54, 1.807) is 19.1 Å². The highest BCUT2D eigenvalue weighted by Crippen LogP contribution is 2.22. The lowest BCUT2D eigenvalue weighted by atomic mass is 10.2. The zero-order chi connectivity index (χ0) is 21.9. The number of carbonyl (C=O) groups excluding carboxylic acids is 2. The van der Waals surface area contributed by atoms with Crippen LogP contribution in [0.5, 0.6) is 0 Å². The van der Waals surface area contributed by atoms with Gasteiger partial charge in [0.2, 0.25) is 15.9 Å². The fraction of sp³-hybridized carbons (Fsp3) is 0.150. The van der Waals surface area contributed by atoms with Crippen molar-refractivity contribution in [3.63, 3.8) is 0 Å². The molecule has 0 radical (unpaired) electrons. The molecule has 0 aliphatic rings. The smallest absolute Gasteiger partial charge is 0.361 e. The van der Waals surface area contributed by atoms with Gasteiger partial charge in [0.25, 0.3) is 5.91 Å². The van der Waals surface area contributed by atoms with Gasteiger partial charge < -0.3 is 14.5 Å². The number of oxazole rings is 1. The van der Waals surface area contributed by atoms with Crippen LogP contribution in [0, 0.1) is 6.92 Å². The van der Waals surface area contributed by atoms with Crippen molar-refractivity contribution in [1.29, 1.82) is 0 Å². The van der Waals surface area contributed by atoms with Crippen molar-refractivity contribution in [3.8, 4) is 11.5 Å². The predicted octanol–water partition coefficient (Wildman–Crippen LogP) is 2.48. The first-order valence-corrected chi connectivity index (χ1v) is 10.4. The molecule has 0 fully saturated rings. The van der Waals surface area contributed by atoms with Crippen molar-refractivity contribution in [1.82, 2.24) is 4.98 Å². The summed E-state index contributed by atoms with van der Waals surface area (Å²) in [6.45, 7) is 2.98. The lowest BCUT2D eigenvalue weighted by Crippen LogP contribution is -2.30. The van der Waals surface area contributed by atoms with Crippen LogP contribution in [-0.2, 0) is 19.6 Å². The second-order valence-corrected chi connectivity index (χ2v) is 7.96. The van der Waals surface area contributed by atoms with Gasteiger partial charge in [0.1, 0.15) is 5.76 Å². The zero-order valence-corrected chi connectivity index (χ0v) is 17.0. The molecule has 156 valence electrons. The van der Waals surface area contributed by atoms with Gasteiger partial charge in [-0.25, -0.2) is 23.3 Å². The number of nitrogens with two attached hydrogens (primary N) is 1. The molecule has 3 rings (SSSR count). The van der Waals surface area contributed by atoms with E-state index in [0.29, 0.717) is 11.3 Å². The summed E-state index contributed by atoms with van der Waals surface area (Å²) < 4.78 is 33.3. The van der Waals surface area contributed by atoms with Gasteiger partial charge in [0, 0.05) is 11.3 Å². The molecule has 30 heavy (non-hydrogen) atoms. The Balaban J connectivity index is 1.65. The highest BCUT2D eigenvalue weighted by Gasteiger charge is 2.24. The lowest BCUT2D eigenvalue weighted by Gasteiger charge is -2.13. The molecular formula is C20H19N3O6S. The van der Waals surface area contributed by atoms with Crippen LogP contribution in [0.1, 0.15) is 23.2 Å². The number of amides is 1. The van der Waals surface area contributed by atoms with E-state index in [9.17, 15) is 18.0 Å². The summed E-state index contributed by atoms with van der Waals surface area (Å²) in [4.78, 5) is 28.8. The van der Waals surface area contributed by atoms with Crippen molar-refractivity contribution in [2.75, 3.05) is 5.32 Å². The normalized spacial score (nSPS) is 12.2. The molecule has 1 amide bonds. The molecule has 0 saturated carbocycles. The number of hydrogen-bond donors (Lipinski definition) is 2. The van der Waals surface area contributed by atoms with Crippen LogP contribution >= 0.6 is 0 Å². The van der Waals surface area contributed by atoms with Crippen molar-refractivity contribution >= 4 is 27.6 Å². The molecule has 0 aliphatic heterocycles. The summed E-state index contributed by atoms with van der Waals surface area (Å²) in [5, 5.41) is 7.56. The Morgan fingerprint density at radius 1 is 1.10 bits per heavy atom. The Morgan fingerprint density at radius 2 is 1.73 bits per heavy atom. The number of nitrogens with one attached hydrogen (secondary N) is 1. The predicted molar refractivity (Wildman–Crippen MR) is 108 cm³/mol. The zero-order valence-electron chi connectivity index (χ0n) is 16.2. The number of esters is 1. The molecule has 0 saturated heterocycles. The summed E-state index contributed by atoms with van der Waals surface area (Å²) in [7, 11) is -3.83. The summed E-state index contributed by atoms with van der Waals surface area (Å²) >= 11 is 0. The van der Waals surface area contributed by atoms with E-state index in [1.807, 2.05) is 18.2 Å². The quantitative estimate of drug-likeness (QED) is 0.573. The minimum atomic E-state index is -3.83. The van der Waals surface area contributed by atoms with E-state index in [2.05, 4.69) is 10.3 Å². The van der Waals surface area contributed by atoms with E-state index in [1.165, 1.54) is 31.2 Å². The first kappa shape index (κ1) is 21.2. The molecule has 3 aromatic rings. The van der Waals surface area contributed by atoms with Crippen LogP contribution in [0.3, 0.4) is 0 Å². The van der Waals surface area contributed by atoms with Gasteiger partial charge in [-0.1, -0.05) is 18.2 Å². The van der Waals surface area contributed by atoms with Gasteiger partial charge >= 0.3 is 5.97 Å². The average molecular weight is 429 g/mol. The highest BCUT2D eigenvalue weighted by molar-refractivity contribution is 7.89. The molecule has 0 spiro atoms. The van der Waals surface area contributed by atoms with E-state index >= 15 is 0 Å². The third kappa shape index (κ3) is 4.91. The Bertz CT molecular complexity index is 1170. The molecule has 10 heteroatoms. The standard InChI is InChI=1S/C20H19N3O6S/c1-12-17(23-19(28-12)14-6-4-3-5-7-14)20(25)29-13(2)18(24)22-15-8-10-16(11-9-15)30(21,26)27/h3-11,13H,1-2H3,(H,22,24)(H2,21,26,27)/t13-/m1/s1. The Hall–Kier alpha value is -3.50. The summed E-state index contributed by atoms with van der Waals surface area (Å²) in [6, 6.07) is 14.3.